The molecule has 0 aliphatic rings. The standard InChI is InChI=1S/C5H11ClO5S.Na.H/c6-3-4(8)5(1-2-7)12(9,10)11;;/h4-5,7-8H,1-3H2,(H,9,10,11);;/q;+1;-1. The molecule has 0 amide bonds. The topological polar surface area (TPSA) is 94.8 Å². The summed E-state index contributed by atoms with van der Waals surface area (Å²) in [5.41, 5.74) is 0. The quantitative estimate of drug-likeness (QED) is 0.263. The van der Waals surface area contributed by atoms with E-state index in [9.17, 15) is 8.42 Å². The second kappa shape index (κ2) is 7.42. The Balaban J connectivity index is -0.000000605. The molecule has 0 aromatic heterocycles. The van der Waals surface area contributed by atoms with Crippen molar-refractivity contribution in [3.05, 3.63) is 0 Å². The number of halogens is 1. The van der Waals surface area contributed by atoms with Gasteiger partial charge in [-0.2, -0.15) is 8.42 Å². The minimum absolute atomic E-state index is 0. The molecular weight excluding hydrogens is 231 g/mol. The van der Waals surface area contributed by atoms with Crippen molar-refractivity contribution < 1.29 is 54.2 Å². The number of alkyl halides is 1. The van der Waals surface area contributed by atoms with E-state index in [0.717, 1.165) is 0 Å². The molecule has 0 saturated carbocycles. The van der Waals surface area contributed by atoms with Crippen LogP contribution < -0.4 is 29.6 Å². The van der Waals surface area contributed by atoms with E-state index in [1.807, 2.05) is 0 Å². The Morgan fingerprint density at radius 2 is 1.92 bits per heavy atom. The van der Waals surface area contributed by atoms with Gasteiger partial charge in [-0.15, -0.1) is 11.6 Å². The zero-order valence-corrected chi connectivity index (χ0v) is 10.8. The van der Waals surface area contributed by atoms with Crippen LogP contribution in [-0.4, -0.2) is 47.0 Å². The van der Waals surface area contributed by atoms with Crippen LogP contribution in [0.2, 0.25) is 0 Å². The first-order chi connectivity index (χ1) is 5.43. The molecule has 0 rings (SSSR count). The van der Waals surface area contributed by atoms with Gasteiger partial charge in [0.1, 0.15) is 5.25 Å². The van der Waals surface area contributed by atoms with Crippen molar-refractivity contribution in [1.29, 1.82) is 0 Å². The first kappa shape index (κ1) is 16.5. The predicted molar refractivity (Wildman–Crippen MR) is 44.9 cm³/mol. The van der Waals surface area contributed by atoms with Crippen molar-refractivity contribution in [3.63, 3.8) is 0 Å². The molecule has 0 spiro atoms. The minimum atomic E-state index is -4.33. The molecule has 8 heteroatoms. The molecule has 2 atom stereocenters. The SMILES string of the molecule is O=S(=O)(O)C(CCO)C(O)CCl.[H-].[Na+]. The second-order valence-corrected chi connectivity index (χ2v) is 4.23. The maximum Gasteiger partial charge on any atom is 1.00 e. The summed E-state index contributed by atoms with van der Waals surface area (Å²) in [6, 6.07) is 0. The van der Waals surface area contributed by atoms with Crippen molar-refractivity contribution in [3.8, 4) is 0 Å². The van der Waals surface area contributed by atoms with Gasteiger partial charge in [0.15, 0.2) is 0 Å². The first-order valence-electron chi connectivity index (χ1n) is 3.24. The molecule has 2 unspecified atom stereocenters. The average Bonchev–Trinajstić information content (AvgIpc) is 1.96. The van der Waals surface area contributed by atoms with Gasteiger partial charge in [-0.05, 0) is 6.42 Å². The Bertz CT molecular complexity index is 224. The number of hydrogen-bond donors (Lipinski definition) is 3. The molecule has 0 fully saturated rings. The van der Waals surface area contributed by atoms with Gasteiger partial charge in [0.2, 0.25) is 0 Å². The third-order valence-corrected chi connectivity index (χ3v) is 3.01. The van der Waals surface area contributed by atoms with Gasteiger partial charge < -0.3 is 11.6 Å². The third kappa shape index (κ3) is 6.24. The molecule has 0 aliphatic carbocycles. The average molecular weight is 243 g/mol. The van der Waals surface area contributed by atoms with E-state index in [-0.39, 0.29) is 43.3 Å². The summed E-state index contributed by atoms with van der Waals surface area (Å²) < 4.78 is 29.6. The Hall–Kier alpha value is 1.12. The molecular formula is C5H12ClNaO5S. The minimum Gasteiger partial charge on any atom is -1.00 e. The molecule has 0 radical (unpaired) electrons. The second-order valence-electron chi connectivity index (χ2n) is 2.29. The summed E-state index contributed by atoms with van der Waals surface area (Å²) in [5, 5.41) is 16.0. The Morgan fingerprint density at radius 1 is 1.46 bits per heavy atom. The fraction of sp³-hybridized carbons (Fsp3) is 1.00. The van der Waals surface area contributed by atoms with Gasteiger partial charge in [0.25, 0.3) is 10.1 Å². The maximum atomic E-state index is 10.5. The van der Waals surface area contributed by atoms with Crippen molar-refractivity contribution >= 4 is 21.7 Å². The zero-order chi connectivity index (χ0) is 9.78. The summed E-state index contributed by atoms with van der Waals surface area (Å²) in [6.07, 6.45) is -1.58. The van der Waals surface area contributed by atoms with Gasteiger partial charge in [-0.25, -0.2) is 0 Å². The van der Waals surface area contributed by atoms with Crippen molar-refractivity contribution in [1.82, 2.24) is 0 Å². The van der Waals surface area contributed by atoms with E-state index in [1.54, 1.807) is 0 Å². The predicted octanol–water partition coefficient (Wildman–Crippen LogP) is -3.66. The van der Waals surface area contributed by atoms with Crippen LogP contribution in [0.25, 0.3) is 0 Å². The van der Waals surface area contributed by atoms with E-state index < -0.39 is 28.1 Å². The fourth-order valence-corrected chi connectivity index (χ4v) is 1.98. The Morgan fingerprint density at radius 3 is 2.15 bits per heavy atom. The van der Waals surface area contributed by atoms with Crippen LogP contribution in [0.15, 0.2) is 0 Å². The van der Waals surface area contributed by atoms with Crippen LogP contribution in [0.5, 0.6) is 0 Å². The molecule has 0 saturated heterocycles. The van der Waals surface area contributed by atoms with Crippen LogP contribution in [0, 0.1) is 0 Å². The Kier molecular flexibility index (Phi) is 9.44. The summed E-state index contributed by atoms with van der Waals surface area (Å²) in [6.45, 7) is -0.432. The third-order valence-electron chi connectivity index (χ3n) is 1.38. The van der Waals surface area contributed by atoms with Gasteiger partial charge in [-0.1, -0.05) is 0 Å². The van der Waals surface area contributed by atoms with Crippen LogP contribution >= 0.6 is 11.6 Å². The van der Waals surface area contributed by atoms with Crippen LogP contribution in [0.4, 0.5) is 0 Å². The van der Waals surface area contributed by atoms with Crippen molar-refractivity contribution in [2.75, 3.05) is 12.5 Å². The summed E-state index contributed by atoms with van der Waals surface area (Å²) in [5.74, 6) is -0.301. The zero-order valence-electron chi connectivity index (χ0n) is 8.22. The van der Waals surface area contributed by atoms with E-state index in [4.69, 9.17) is 26.4 Å². The van der Waals surface area contributed by atoms with Crippen molar-refractivity contribution in [2.45, 2.75) is 17.8 Å². The smallest absolute Gasteiger partial charge is 1.00 e. The maximum absolute atomic E-state index is 10.5. The van der Waals surface area contributed by atoms with Crippen LogP contribution in [0.3, 0.4) is 0 Å². The number of aliphatic hydroxyl groups is 2. The molecule has 3 N–H and O–H groups in total. The van der Waals surface area contributed by atoms with Crippen molar-refractivity contribution in [2.24, 2.45) is 0 Å². The molecule has 76 valence electrons. The van der Waals surface area contributed by atoms with Crippen LogP contribution in [-0.2, 0) is 10.1 Å². The number of rotatable bonds is 5. The largest absolute Gasteiger partial charge is 1.00 e. The van der Waals surface area contributed by atoms with E-state index >= 15 is 0 Å². The normalized spacial score (nSPS) is 16.0. The van der Waals surface area contributed by atoms with Gasteiger partial charge in [-0.3, -0.25) is 4.55 Å². The van der Waals surface area contributed by atoms with Gasteiger partial charge in [0.05, 0.1) is 6.10 Å². The summed E-state index contributed by atoms with van der Waals surface area (Å²) >= 11 is 5.18. The fourth-order valence-electron chi connectivity index (χ4n) is 0.766. The van der Waals surface area contributed by atoms with Gasteiger partial charge >= 0.3 is 29.6 Å². The molecule has 0 bridgehead atoms. The van der Waals surface area contributed by atoms with E-state index in [1.165, 1.54) is 0 Å². The molecule has 0 heterocycles. The monoisotopic (exact) mass is 242 g/mol. The summed E-state index contributed by atoms with van der Waals surface area (Å²) in [4.78, 5) is 0. The molecule has 0 aromatic rings. The van der Waals surface area contributed by atoms with Gasteiger partial charge in [0, 0.05) is 12.5 Å². The first-order valence-corrected chi connectivity index (χ1v) is 5.28. The van der Waals surface area contributed by atoms with E-state index in [2.05, 4.69) is 0 Å². The van der Waals surface area contributed by atoms with E-state index in [0.29, 0.717) is 0 Å². The number of aliphatic hydroxyl groups excluding tert-OH is 2. The molecule has 13 heavy (non-hydrogen) atoms. The molecule has 5 nitrogen and oxygen atoms in total. The molecule has 0 aromatic carbocycles. The Labute approximate surface area is 106 Å². The number of hydrogen-bond acceptors (Lipinski definition) is 4. The summed E-state index contributed by atoms with van der Waals surface area (Å²) in [7, 11) is -4.33. The van der Waals surface area contributed by atoms with Crippen LogP contribution in [0.1, 0.15) is 7.85 Å². The molecule has 0 aliphatic heterocycles.